The van der Waals surface area contributed by atoms with Crippen LogP contribution in [0.1, 0.15) is 34.2 Å². The van der Waals surface area contributed by atoms with Gasteiger partial charge in [0.15, 0.2) is 17.1 Å². The van der Waals surface area contributed by atoms with Crippen LogP contribution >= 0.6 is 7.92 Å². The molecule has 0 saturated carbocycles. The quantitative estimate of drug-likeness (QED) is 0.211. The summed E-state index contributed by atoms with van der Waals surface area (Å²) in [4.78, 5) is 6.86. The topological polar surface area (TPSA) is 38.7 Å². The Hall–Kier alpha value is -3.38. The standard InChI is InChI=1S/C21H6F18N3P/c22-16(23,24)10-4-1-7(13(40-10)19(31,32)33)43(8-2-5-11(17(25,26)27)41-14(8)20(34,35)36)9-3-6-12(18(28,29)30)42-15(9)21(37,38)39/h1-6H. The highest BCUT2D eigenvalue weighted by atomic mass is 31.1. The summed E-state index contributed by atoms with van der Waals surface area (Å²) in [5, 5.41) is -5.64. The Balaban J connectivity index is 2.61. The zero-order chi connectivity index (χ0) is 33.1. The molecule has 0 spiro atoms. The molecule has 0 saturated heterocycles. The summed E-state index contributed by atoms with van der Waals surface area (Å²) in [6.07, 6.45) is -35.1. The van der Waals surface area contributed by atoms with E-state index in [1.165, 1.54) is 0 Å². The van der Waals surface area contributed by atoms with Crippen molar-refractivity contribution in [2.45, 2.75) is 37.1 Å². The van der Waals surface area contributed by atoms with Gasteiger partial charge >= 0.3 is 37.1 Å². The number of nitrogens with zero attached hydrogens (tertiary/aromatic N) is 3. The Bertz CT molecular complexity index is 1320. The first kappa shape index (κ1) is 34.1. The van der Waals surface area contributed by atoms with Crippen LogP contribution in [0.25, 0.3) is 0 Å². The van der Waals surface area contributed by atoms with Crippen LogP contribution in [-0.2, 0) is 37.1 Å². The maximum Gasteiger partial charge on any atom is 0.434 e. The molecule has 0 bridgehead atoms. The summed E-state index contributed by atoms with van der Waals surface area (Å²) in [6.45, 7) is 0. The first-order valence-corrected chi connectivity index (χ1v) is 11.7. The highest BCUT2D eigenvalue weighted by molar-refractivity contribution is 7.80. The molecule has 0 radical (unpaired) electrons. The van der Waals surface area contributed by atoms with Crippen LogP contribution in [0.2, 0.25) is 0 Å². The highest BCUT2D eigenvalue weighted by Gasteiger charge is 2.48. The van der Waals surface area contributed by atoms with Crippen LogP contribution < -0.4 is 15.9 Å². The summed E-state index contributed by atoms with van der Waals surface area (Å²) in [6, 6.07) is -1.56. The Morgan fingerprint density at radius 1 is 0.326 bits per heavy atom. The summed E-state index contributed by atoms with van der Waals surface area (Å²) in [7, 11) is -4.30. The number of pyridine rings is 3. The molecule has 0 amide bonds. The van der Waals surface area contributed by atoms with Gasteiger partial charge in [0, 0.05) is 15.9 Å². The summed E-state index contributed by atoms with van der Waals surface area (Å²) in [5.74, 6) is 0. The minimum Gasteiger partial charge on any atom is -0.238 e. The number of rotatable bonds is 3. The molecule has 3 rings (SSSR count). The Morgan fingerprint density at radius 3 is 0.698 bits per heavy atom. The number of aromatic nitrogens is 3. The molecule has 0 aliphatic heterocycles. The van der Waals surface area contributed by atoms with Crippen molar-refractivity contribution in [2.24, 2.45) is 0 Å². The van der Waals surface area contributed by atoms with Gasteiger partial charge in [-0.2, -0.15) is 79.0 Å². The Labute approximate surface area is 226 Å². The third-order valence-electron chi connectivity index (χ3n) is 5.02. The predicted octanol–water partition coefficient (Wildman–Crippen LogP) is 7.74. The van der Waals surface area contributed by atoms with E-state index in [4.69, 9.17) is 0 Å². The second kappa shape index (κ2) is 10.7. The minimum absolute atomic E-state index is 0.236. The molecule has 0 fully saturated rings. The largest absolute Gasteiger partial charge is 0.434 e. The van der Waals surface area contributed by atoms with Crippen LogP contribution in [0.5, 0.6) is 0 Å². The van der Waals surface area contributed by atoms with E-state index in [2.05, 4.69) is 15.0 Å². The SMILES string of the molecule is FC(F)(F)c1ccc(P(c2ccc(C(F)(F)F)nc2C(F)(F)F)c2ccc(C(F)(F)F)nc2C(F)(F)F)c(C(F)(F)F)n1. The molecule has 0 N–H and O–H groups in total. The molecular formula is C21H6F18N3P. The molecule has 0 aromatic carbocycles. The fourth-order valence-corrected chi connectivity index (χ4v) is 6.00. The van der Waals surface area contributed by atoms with E-state index in [1.807, 2.05) is 0 Å². The van der Waals surface area contributed by atoms with E-state index >= 15 is 0 Å². The van der Waals surface area contributed by atoms with Crippen LogP contribution in [0.3, 0.4) is 0 Å². The van der Waals surface area contributed by atoms with Gasteiger partial charge in [0.1, 0.15) is 17.1 Å². The van der Waals surface area contributed by atoms with E-state index in [1.54, 1.807) is 0 Å². The van der Waals surface area contributed by atoms with Gasteiger partial charge in [-0.25, -0.2) is 15.0 Å². The predicted molar refractivity (Wildman–Crippen MR) is 109 cm³/mol. The molecule has 43 heavy (non-hydrogen) atoms. The average molecular weight is 673 g/mol. The second-order valence-corrected chi connectivity index (χ2v) is 10.1. The maximum atomic E-state index is 13.9. The molecule has 3 aromatic rings. The van der Waals surface area contributed by atoms with Gasteiger partial charge in [-0.05, 0) is 44.3 Å². The van der Waals surface area contributed by atoms with Gasteiger partial charge in [0.2, 0.25) is 0 Å². The fourth-order valence-electron chi connectivity index (χ4n) is 3.39. The van der Waals surface area contributed by atoms with E-state index < -0.39 is 95.1 Å². The van der Waals surface area contributed by atoms with Crippen LogP contribution in [0.4, 0.5) is 79.0 Å². The Morgan fingerprint density at radius 2 is 0.535 bits per heavy atom. The molecular weight excluding hydrogens is 667 g/mol. The molecule has 0 atom stereocenters. The van der Waals surface area contributed by atoms with E-state index in [-0.39, 0.29) is 36.4 Å². The number of alkyl halides is 18. The van der Waals surface area contributed by atoms with Gasteiger partial charge in [0.05, 0.1) is 0 Å². The van der Waals surface area contributed by atoms with Gasteiger partial charge in [-0.3, -0.25) is 0 Å². The van der Waals surface area contributed by atoms with E-state index in [0.717, 1.165) is 0 Å². The number of hydrogen-bond acceptors (Lipinski definition) is 3. The van der Waals surface area contributed by atoms with Crippen LogP contribution in [0, 0.1) is 0 Å². The monoisotopic (exact) mass is 673 g/mol. The molecule has 3 aromatic heterocycles. The lowest BCUT2D eigenvalue weighted by Crippen LogP contribution is -2.36. The van der Waals surface area contributed by atoms with Crippen molar-refractivity contribution >= 4 is 23.8 Å². The van der Waals surface area contributed by atoms with E-state index in [9.17, 15) is 79.0 Å². The normalized spacial score (nSPS) is 14.0. The van der Waals surface area contributed by atoms with Crippen LogP contribution in [0.15, 0.2) is 36.4 Å². The summed E-state index contributed by atoms with van der Waals surface area (Å²) in [5.41, 5.74) is -15.2. The molecule has 0 unspecified atom stereocenters. The molecule has 22 heteroatoms. The maximum absolute atomic E-state index is 13.9. The molecule has 0 aliphatic carbocycles. The van der Waals surface area contributed by atoms with Crippen molar-refractivity contribution in [3.05, 3.63) is 70.6 Å². The zero-order valence-corrected chi connectivity index (χ0v) is 20.5. The van der Waals surface area contributed by atoms with Crippen molar-refractivity contribution in [2.75, 3.05) is 0 Å². The summed E-state index contributed by atoms with van der Waals surface area (Å²) >= 11 is 0. The van der Waals surface area contributed by atoms with Gasteiger partial charge in [-0.1, -0.05) is 0 Å². The van der Waals surface area contributed by atoms with Crippen molar-refractivity contribution in [1.82, 2.24) is 15.0 Å². The molecule has 3 heterocycles. The third-order valence-corrected chi connectivity index (χ3v) is 7.55. The van der Waals surface area contributed by atoms with Gasteiger partial charge < -0.3 is 0 Å². The number of hydrogen-bond donors (Lipinski definition) is 0. The van der Waals surface area contributed by atoms with Gasteiger partial charge in [-0.15, -0.1) is 0 Å². The first-order chi connectivity index (χ1) is 19.1. The van der Waals surface area contributed by atoms with Crippen molar-refractivity contribution in [1.29, 1.82) is 0 Å². The second-order valence-electron chi connectivity index (χ2n) is 8.01. The van der Waals surface area contributed by atoms with Crippen molar-refractivity contribution in [3.8, 4) is 0 Å². The van der Waals surface area contributed by atoms with Crippen LogP contribution in [-0.4, -0.2) is 15.0 Å². The molecule has 3 nitrogen and oxygen atoms in total. The Kier molecular flexibility index (Phi) is 8.45. The smallest absolute Gasteiger partial charge is 0.238 e. The minimum atomic E-state index is -6.06. The summed E-state index contributed by atoms with van der Waals surface area (Å²) < 4.78 is 244. The van der Waals surface area contributed by atoms with Crippen molar-refractivity contribution in [3.63, 3.8) is 0 Å². The number of halogens is 18. The lowest BCUT2D eigenvalue weighted by Gasteiger charge is -2.27. The lowest BCUT2D eigenvalue weighted by molar-refractivity contribution is -0.150. The van der Waals surface area contributed by atoms with E-state index in [0.29, 0.717) is 0 Å². The zero-order valence-electron chi connectivity index (χ0n) is 19.6. The average Bonchev–Trinajstić information content (AvgIpc) is 2.80. The molecule has 0 aliphatic rings. The lowest BCUT2D eigenvalue weighted by atomic mass is 10.2. The highest BCUT2D eigenvalue weighted by Crippen LogP contribution is 2.46. The first-order valence-electron chi connectivity index (χ1n) is 10.4. The fraction of sp³-hybridized carbons (Fsp3) is 0.286. The molecule has 236 valence electrons. The third kappa shape index (κ3) is 7.41. The van der Waals surface area contributed by atoms with Crippen molar-refractivity contribution < 1.29 is 79.0 Å². The van der Waals surface area contributed by atoms with Gasteiger partial charge in [0.25, 0.3) is 0 Å².